The molecule has 0 amide bonds. The van der Waals surface area contributed by atoms with Crippen LogP contribution in [0.25, 0.3) is 0 Å². The van der Waals surface area contributed by atoms with E-state index < -0.39 is 0 Å². The third kappa shape index (κ3) is 14.5. The summed E-state index contributed by atoms with van der Waals surface area (Å²) < 4.78 is 0. The molecule has 0 radical (unpaired) electrons. The second-order valence-electron chi connectivity index (χ2n) is 13.4. The molecule has 8 rings (SSSR count). The topological polar surface area (TPSA) is 23.8 Å². The average Bonchev–Trinajstić information content (AvgIpc) is 3.32. The molecule has 0 aliphatic heterocycles. The number of nitrogens with zero attached hydrogens (tertiary/aromatic N) is 1. The molecule has 0 heterocycles. The van der Waals surface area contributed by atoms with E-state index in [0.717, 1.165) is 0 Å². The summed E-state index contributed by atoms with van der Waals surface area (Å²) >= 11 is 3.70. The molecule has 0 saturated heterocycles. The molecule has 0 N–H and O–H groups in total. The van der Waals surface area contributed by atoms with Crippen LogP contribution in [0.3, 0.4) is 0 Å². The second kappa shape index (κ2) is 27.0. The molecule has 1 nitrogen and oxygen atoms in total. The summed E-state index contributed by atoms with van der Waals surface area (Å²) in [5.74, 6) is 0. The van der Waals surface area contributed by atoms with E-state index in [1.165, 1.54) is 72.5 Å². The normalized spacial score (nSPS) is 10.4. The van der Waals surface area contributed by atoms with E-state index in [1.807, 2.05) is 0 Å². The number of benzene rings is 8. The molecule has 0 fully saturated rings. The fourth-order valence-corrected chi connectivity index (χ4v) is 17.6. The summed E-state index contributed by atoms with van der Waals surface area (Å²) in [4.78, 5) is 0. The number of nitriles is 1. The zero-order chi connectivity index (χ0) is 40.7. The summed E-state index contributed by atoms with van der Waals surface area (Å²) in [6.07, 6.45) is 4.83. The van der Waals surface area contributed by atoms with E-state index in [-0.39, 0.29) is 54.1 Å². The molecule has 7 heteroatoms. The van der Waals surface area contributed by atoms with Crippen molar-refractivity contribution in [1.82, 2.24) is 0 Å². The van der Waals surface area contributed by atoms with Gasteiger partial charge in [0, 0.05) is 0 Å². The maximum absolute atomic E-state index is 7.13. The van der Waals surface area contributed by atoms with Crippen molar-refractivity contribution >= 4 is 86.8 Å². The Morgan fingerprint density at radius 2 is 0.367 bits per heavy atom. The Morgan fingerprint density at radius 1 is 0.267 bits per heavy atom. The van der Waals surface area contributed by atoms with Gasteiger partial charge in [0.05, 0.1) is 0 Å². The van der Waals surface area contributed by atoms with Crippen molar-refractivity contribution in [3.8, 4) is 5.40 Å². The fraction of sp³-hybridized carbons (Fsp3) is 0.0755. The van der Waals surface area contributed by atoms with Gasteiger partial charge in [0.15, 0.2) is 0 Å². The van der Waals surface area contributed by atoms with Crippen LogP contribution >= 0.6 is 31.7 Å². The third-order valence-corrected chi connectivity index (χ3v) is 20.4. The molecular weight excluding hydrogens is 1000 g/mol. The third-order valence-electron chi connectivity index (χ3n) is 9.64. The van der Waals surface area contributed by atoms with Gasteiger partial charge >= 0.3 is 22.4 Å². The van der Waals surface area contributed by atoms with Gasteiger partial charge in [-0.05, 0) is 98.8 Å². The number of rotatable bonds is 14. The summed E-state index contributed by atoms with van der Waals surface area (Å²) in [5, 5.41) is 20.2. The molecular formula is C53H48AuNP4S. The van der Waals surface area contributed by atoms with Crippen LogP contribution in [0.5, 0.6) is 0 Å². The standard InChI is InChI=1S/2C26H24P2.CHNS.Au/c2*1-5-13-23(14-6-1)27(24-15-7-2-8-16-24)21-22-28(25-17-9-3-10-18-25)26-19-11-4-12-20-26;2-1-3;/h2*1-20H,21-22H2;3H;/q;;;+1/p-1. The van der Waals surface area contributed by atoms with Crippen molar-refractivity contribution in [2.75, 3.05) is 24.6 Å². The first-order chi connectivity index (χ1) is 29.2. The maximum Gasteiger partial charge on any atom is 1.00 e. The van der Waals surface area contributed by atoms with Gasteiger partial charge in [-0.15, -0.1) is 0 Å². The molecule has 8 aromatic carbocycles. The average molecular weight is 1050 g/mol. The van der Waals surface area contributed by atoms with Crippen LogP contribution in [0.4, 0.5) is 0 Å². The first kappa shape index (κ1) is 47.0. The minimum Gasteiger partial charge on any atom is -0.696 e. The van der Waals surface area contributed by atoms with Crippen LogP contribution in [0.1, 0.15) is 0 Å². The van der Waals surface area contributed by atoms with Crippen molar-refractivity contribution in [1.29, 1.82) is 5.26 Å². The minimum atomic E-state index is -0.348. The second-order valence-corrected chi connectivity index (χ2v) is 22.9. The van der Waals surface area contributed by atoms with Crippen LogP contribution in [0, 0.1) is 10.7 Å². The van der Waals surface area contributed by atoms with Gasteiger partial charge in [0.25, 0.3) is 0 Å². The maximum atomic E-state index is 7.13. The number of hydrogen-bond acceptors (Lipinski definition) is 2. The monoisotopic (exact) mass is 1050 g/mol. The van der Waals surface area contributed by atoms with Crippen molar-refractivity contribution in [2.45, 2.75) is 0 Å². The van der Waals surface area contributed by atoms with Gasteiger partial charge in [-0.1, -0.05) is 248 Å². The molecule has 0 aliphatic rings. The van der Waals surface area contributed by atoms with E-state index in [0.29, 0.717) is 0 Å². The Labute approximate surface area is 384 Å². The summed E-state index contributed by atoms with van der Waals surface area (Å²) in [6.45, 7) is 0. The van der Waals surface area contributed by atoms with Crippen molar-refractivity contribution in [2.24, 2.45) is 0 Å². The van der Waals surface area contributed by atoms with Gasteiger partial charge in [0.2, 0.25) is 0 Å². The van der Waals surface area contributed by atoms with Gasteiger partial charge in [-0.25, -0.2) is 5.26 Å². The van der Waals surface area contributed by atoms with E-state index >= 15 is 0 Å². The molecule has 0 aromatic heterocycles. The van der Waals surface area contributed by atoms with Crippen LogP contribution in [-0.4, -0.2) is 24.6 Å². The Bertz CT molecular complexity index is 1870. The van der Waals surface area contributed by atoms with E-state index in [4.69, 9.17) is 5.26 Å². The first-order valence-corrected chi connectivity index (χ1v) is 26.3. The number of hydrogen-bond donors (Lipinski definition) is 0. The van der Waals surface area contributed by atoms with Crippen molar-refractivity contribution in [3.63, 3.8) is 0 Å². The quantitative estimate of drug-likeness (QED) is 0.0469. The molecule has 60 heavy (non-hydrogen) atoms. The zero-order valence-electron chi connectivity index (χ0n) is 33.4. The molecule has 0 unspecified atom stereocenters. The fourth-order valence-electron chi connectivity index (χ4n) is 6.89. The largest absolute Gasteiger partial charge is 1.00 e. The first-order valence-electron chi connectivity index (χ1n) is 19.8. The number of thiocyanates is 1. The smallest absolute Gasteiger partial charge is 0.696 e. The predicted octanol–water partition coefficient (Wildman–Crippen LogP) is 10.5. The van der Waals surface area contributed by atoms with E-state index in [2.05, 4.69) is 255 Å². The Morgan fingerprint density at radius 3 is 0.467 bits per heavy atom. The Balaban J connectivity index is 0.000000210. The van der Waals surface area contributed by atoms with Crippen LogP contribution in [0.15, 0.2) is 243 Å². The molecule has 0 aliphatic carbocycles. The summed E-state index contributed by atoms with van der Waals surface area (Å²) in [6, 6.07) is 88.4. The van der Waals surface area contributed by atoms with Crippen molar-refractivity contribution < 1.29 is 22.4 Å². The molecule has 0 spiro atoms. The van der Waals surface area contributed by atoms with E-state index in [9.17, 15) is 0 Å². The van der Waals surface area contributed by atoms with E-state index in [1.54, 1.807) is 0 Å². The minimum absolute atomic E-state index is 0. The van der Waals surface area contributed by atoms with Crippen LogP contribution in [0.2, 0.25) is 0 Å². The SMILES string of the molecule is N#C[S-].[Au+].c1ccc(P(CCP(c2ccccc2)c2ccccc2)c2ccccc2)cc1.c1ccc(P(CCP(c2ccccc2)c2ccccc2)c2ccccc2)cc1. The zero-order valence-corrected chi connectivity index (χ0v) is 39.9. The summed E-state index contributed by atoms with van der Waals surface area (Å²) in [7, 11) is -1.39. The molecule has 302 valence electrons. The molecule has 0 saturated carbocycles. The molecule has 0 atom stereocenters. The van der Waals surface area contributed by atoms with Gasteiger partial charge in [-0.3, -0.25) is 0 Å². The Hall–Kier alpha value is -4.07. The Kier molecular flexibility index (Phi) is 21.1. The van der Waals surface area contributed by atoms with Gasteiger partial charge in [0.1, 0.15) is 0 Å². The van der Waals surface area contributed by atoms with Gasteiger partial charge in [-0.2, -0.15) is 0 Å². The van der Waals surface area contributed by atoms with Gasteiger partial charge < -0.3 is 12.6 Å². The molecule has 8 aromatic rings. The molecule has 0 bridgehead atoms. The van der Waals surface area contributed by atoms with Crippen LogP contribution in [-0.2, 0) is 35.0 Å². The summed E-state index contributed by atoms with van der Waals surface area (Å²) in [5.41, 5.74) is 0. The predicted molar refractivity (Wildman–Crippen MR) is 269 cm³/mol. The van der Waals surface area contributed by atoms with Crippen LogP contribution < -0.4 is 42.4 Å². The van der Waals surface area contributed by atoms with Crippen molar-refractivity contribution in [3.05, 3.63) is 243 Å².